The second-order valence-electron chi connectivity index (χ2n) is 4.26. The lowest BCUT2D eigenvalue weighted by Gasteiger charge is -2.14. The van der Waals surface area contributed by atoms with E-state index in [9.17, 15) is 4.79 Å². The molecule has 1 aromatic carbocycles. The topological polar surface area (TPSA) is 56.8 Å². The van der Waals surface area contributed by atoms with Crippen LogP contribution in [-0.2, 0) is 9.53 Å². The lowest BCUT2D eigenvalue weighted by Crippen LogP contribution is -2.31. The fourth-order valence-electron chi connectivity index (χ4n) is 2.00. The smallest absolute Gasteiger partial charge is 0.323 e. The molecule has 0 bridgehead atoms. The Bertz CT molecular complexity index is 472. The molecule has 0 spiro atoms. The predicted molar refractivity (Wildman–Crippen MR) is 80.8 cm³/mol. The second kappa shape index (κ2) is 7.71. The highest BCUT2D eigenvalue weighted by Gasteiger charge is 2.31. The van der Waals surface area contributed by atoms with Gasteiger partial charge in [-0.1, -0.05) is 0 Å². The molecule has 0 amide bonds. The van der Waals surface area contributed by atoms with Crippen LogP contribution in [-0.4, -0.2) is 38.9 Å². The van der Waals surface area contributed by atoms with Crippen LogP contribution in [0.5, 0.6) is 11.5 Å². The first kappa shape index (κ1) is 17.1. The molecule has 2 rings (SSSR count). The van der Waals surface area contributed by atoms with Gasteiger partial charge in [0, 0.05) is 13.0 Å². The molecule has 0 radical (unpaired) electrons. The third kappa shape index (κ3) is 4.01. The number of carbonyl (C=O) groups excluding carboxylic acids is 1. The van der Waals surface area contributed by atoms with Crippen LogP contribution in [0.3, 0.4) is 0 Å². The first-order valence-corrected chi connectivity index (χ1v) is 6.74. The number of halogens is 2. The van der Waals surface area contributed by atoms with Crippen LogP contribution in [0.15, 0.2) is 22.7 Å². The minimum absolute atomic E-state index is 0. The average Bonchev–Trinajstić information content (AvgIpc) is 2.88. The number of methoxy groups -OCH3 is 2. The Morgan fingerprint density at radius 1 is 1.40 bits per heavy atom. The van der Waals surface area contributed by atoms with E-state index in [0.717, 1.165) is 16.0 Å². The zero-order valence-electron chi connectivity index (χ0n) is 11.2. The molecule has 1 aromatic rings. The number of carbonyl (C=O) groups is 1. The lowest BCUT2D eigenvalue weighted by molar-refractivity contribution is -0.142. The van der Waals surface area contributed by atoms with Gasteiger partial charge in [0.15, 0.2) is 0 Å². The summed E-state index contributed by atoms with van der Waals surface area (Å²) in [5.41, 5.74) is 0. The van der Waals surface area contributed by atoms with Gasteiger partial charge in [-0.05, 0) is 34.1 Å². The van der Waals surface area contributed by atoms with E-state index < -0.39 is 0 Å². The highest BCUT2D eigenvalue weighted by Crippen LogP contribution is 2.30. The highest BCUT2D eigenvalue weighted by atomic mass is 79.9. The Labute approximate surface area is 132 Å². The molecule has 20 heavy (non-hydrogen) atoms. The van der Waals surface area contributed by atoms with E-state index >= 15 is 0 Å². The molecule has 2 atom stereocenters. The van der Waals surface area contributed by atoms with Crippen LogP contribution in [0.1, 0.15) is 6.42 Å². The van der Waals surface area contributed by atoms with E-state index in [4.69, 9.17) is 14.2 Å². The zero-order valence-corrected chi connectivity index (χ0v) is 13.6. The Hall–Kier alpha value is -0.980. The quantitative estimate of drug-likeness (QED) is 0.828. The zero-order chi connectivity index (χ0) is 13.8. The van der Waals surface area contributed by atoms with Crippen molar-refractivity contribution in [1.82, 2.24) is 5.32 Å². The van der Waals surface area contributed by atoms with Gasteiger partial charge in [-0.2, -0.15) is 0 Å². The summed E-state index contributed by atoms with van der Waals surface area (Å²) in [6, 6.07) is 5.23. The molecule has 1 N–H and O–H groups in total. The Kier molecular flexibility index (Phi) is 6.58. The molecule has 0 aliphatic carbocycles. The SMILES string of the molecule is COC(=O)[C@@H]1C[C@H](Oc2ccc(OC)cc2Br)CN1.Cl. The first-order chi connectivity index (χ1) is 9.13. The fraction of sp³-hybridized carbons (Fsp3) is 0.462. The number of hydrogen-bond acceptors (Lipinski definition) is 5. The van der Waals surface area contributed by atoms with Crippen LogP contribution in [0.4, 0.5) is 0 Å². The van der Waals surface area contributed by atoms with Crippen molar-refractivity contribution in [2.75, 3.05) is 20.8 Å². The predicted octanol–water partition coefficient (Wildman–Crippen LogP) is 2.16. The standard InChI is InChI=1S/C13H16BrNO4.ClH/c1-17-8-3-4-12(10(14)5-8)19-9-6-11(15-7-9)13(16)18-2;/h3-5,9,11,15H,6-7H2,1-2H3;1H/t9-,11-;/m0./s1. The van der Waals surface area contributed by atoms with Gasteiger partial charge in [0.1, 0.15) is 23.6 Å². The van der Waals surface area contributed by atoms with E-state index in [1.165, 1.54) is 7.11 Å². The molecule has 1 aliphatic rings. The Balaban J connectivity index is 0.00000200. The fourth-order valence-corrected chi connectivity index (χ4v) is 2.45. The summed E-state index contributed by atoms with van der Waals surface area (Å²) in [5, 5.41) is 3.08. The van der Waals surface area contributed by atoms with E-state index in [2.05, 4.69) is 21.2 Å². The van der Waals surface area contributed by atoms with Gasteiger partial charge in [0.05, 0.1) is 18.7 Å². The molecule has 1 heterocycles. The number of hydrogen-bond donors (Lipinski definition) is 1. The Morgan fingerprint density at radius 3 is 2.75 bits per heavy atom. The van der Waals surface area contributed by atoms with Crippen LogP contribution < -0.4 is 14.8 Å². The van der Waals surface area contributed by atoms with Gasteiger partial charge in [0.25, 0.3) is 0 Å². The van der Waals surface area contributed by atoms with Crippen molar-refractivity contribution in [3.63, 3.8) is 0 Å². The maximum Gasteiger partial charge on any atom is 0.323 e. The summed E-state index contributed by atoms with van der Waals surface area (Å²) in [4.78, 5) is 11.4. The number of nitrogens with one attached hydrogen (secondary N) is 1. The van der Waals surface area contributed by atoms with Crippen molar-refractivity contribution in [3.8, 4) is 11.5 Å². The maximum atomic E-state index is 11.4. The van der Waals surface area contributed by atoms with Crippen LogP contribution in [0, 0.1) is 0 Å². The van der Waals surface area contributed by atoms with Crippen molar-refractivity contribution in [3.05, 3.63) is 22.7 Å². The van der Waals surface area contributed by atoms with Gasteiger partial charge < -0.3 is 19.5 Å². The molecular formula is C13H17BrClNO4. The highest BCUT2D eigenvalue weighted by molar-refractivity contribution is 9.10. The minimum atomic E-state index is -0.285. The molecule has 1 saturated heterocycles. The van der Waals surface area contributed by atoms with Gasteiger partial charge in [0.2, 0.25) is 0 Å². The third-order valence-corrected chi connectivity index (χ3v) is 3.63. The molecule has 112 valence electrons. The molecule has 0 saturated carbocycles. The maximum absolute atomic E-state index is 11.4. The van der Waals surface area contributed by atoms with Gasteiger partial charge in [-0.3, -0.25) is 4.79 Å². The molecule has 5 nitrogen and oxygen atoms in total. The summed E-state index contributed by atoms with van der Waals surface area (Å²) in [5.74, 6) is 1.24. The summed E-state index contributed by atoms with van der Waals surface area (Å²) >= 11 is 3.44. The molecular weight excluding hydrogens is 350 g/mol. The molecule has 0 aromatic heterocycles. The normalized spacial score (nSPS) is 20.9. The van der Waals surface area contributed by atoms with E-state index in [1.807, 2.05) is 18.2 Å². The average molecular weight is 367 g/mol. The van der Waals surface area contributed by atoms with Crippen molar-refractivity contribution >= 4 is 34.3 Å². The molecule has 7 heteroatoms. The second-order valence-corrected chi connectivity index (χ2v) is 5.11. The number of esters is 1. The first-order valence-electron chi connectivity index (χ1n) is 5.95. The van der Waals surface area contributed by atoms with Gasteiger partial charge in [-0.15, -0.1) is 12.4 Å². The lowest BCUT2D eigenvalue weighted by atomic mass is 10.2. The van der Waals surface area contributed by atoms with Crippen molar-refractivity contribution in [2.24, 2.45) is 0 Å². The van der Waals surface area contributed by atoms with Crippen LogP contribution in [0.25, 0.3) is 0 Å². The number of ether oxygens (including phenoxy) is 3. The summed E-state index contributed by atoms with van der Waals surface area (Å²) < 4.78 is 16.5. The number of rotatable bonds is 4. The molecule has 1 aliphatic heterocycles. The summed E-state index contributed by atoms with van der Waals surface area (Å²) in [7, 11) is 3.00. The largest absolute Gasteiger partial charge is 0.497 e. The summed E-state index contributed by atoms with van der Waals surface area (Å²) in [6.07, 6.45) is 0.555. The number of benzene rings is 1. The van der Waals surface area contributed by atoms with Crippen molar-refractivity contribution in [2.45, 2.75) is 18.6 Å². The van der Waals surface area contributed by atoms with Gasteiger partial charge in [-0.25, -0.2) is 0 Å². The van der Waals surface area contributed by atoms with Crippen LogP contribution in [0.2, 0.25) is 0 Å². The van der Waals surface area contributed by atoms with Gasteiger partial charge >= 0.3 is 5.97 Å². The monoisotopic (exact) mass is 365 g/mol. The summed E-state index contributed by atoms with van der Waals surface area (Å²) in [6.45, 7) is 0.623. The van der Waals surface area contributed by atoms with E-state index in [1.54, 1.807) is 7.11 Å². The Morgan fingerprint density at radius 2 is 2.15 bits per heavy atom. The van der Waals surface area contributed by atoms with E-state index in [0.29, 0.717) is 13.0 Å². The van der Waals surface area contributed by atoms with Crippen molar-refractivity contribution < 1.29 is 19.0 Å². The third-order valence-electron chi connectivity index (χ3n) is 3.01. The minimum Gasteiger partial charge on any atom is -0.497 e. The van der Waals surface area contributed by atoms with E-state index in [-0.39, 0.29) is 30.5 Å². The molecule has 0 unspecified atom stereocenters. The van der Waals surface area contributed by atoms with Crippen LogP contribution >= 0.6 is 28.3 Å². The molecule has 1 fully saturated rings. The van der Waals surface area contributed by atoms with Crippen molar-refractivity contribution in [1.29, 1.82) is 0 Å².